The van der Waals surface area contributed by atoms with Crippen molar-refractivity contribution < 1.29 is 9.53 Å². The molecule has 3 heterocycles. The number of nitrogens with one attached hydrogen (secondary N) is 1. The second kappa shape index (κ2) is 6.90. The molecule has 1 fully saturated rings. The van der Waals surface area contributed by atoms with Crippen LogP contribution in [-0.4, -0.2) is 45.2 Å². The van der Waals surface area contributed by atoms with E-state index in [4.69, 9.17) is 4.74 Å². The SMILES string of the molecule is COc1ccc(C)nc1NC(=O)N1CCCC1Cn1ccnc1C. The highest BCUT2D eigenvalue weighted by molar-refractivity contribution is 5.90. The first kappa shape index (κ1) is 16.3. The molecule has 3 rings (SSSR count). The van der Waals surface area contributed by atoms with Crippen LogP contribution in [0, 0.1) is 13.8 Å². The molecular formula is C17H23N5O2. The van der Waals surface area contributed by atoms with Gasteiger partial charge in [0.1, 0.15) is 5.82 Å². The number of nitrogens with zero attached hydrogens (tertiary/aromatic N) is 4. The normalized spacial score (nSPS) is 17.1. The quantitative estimate of drug-likeness (QED) is 0.936. The van der Waals surface area contributed by atoms with Crippen molar-refractivity contribution >= 4 is 11.8 Å². The molecule has 1 aliphatic heterocycles. The Bertz CT molecular complexity index is 728. The third kappa shape index (κ3) is 3.34. The van der Waals surface area contributed by atoms with Crippen molar-refractivity contribution in [2.24, 2.45) is 0 Å². The van der Waals surface area contributed by atoms with E-state index < -0.39 is 0 Å². The summed E-state index contributed by atoms with van der Waals surface area (Å²) < 4.78 is 7.37. The molecule has 128 valence electrons. The minimum Gasteiger partial charge on any atom is -0.493 e. The number of ether oxygens (including phenoxy) is 1. The Morgan fingerprint density at radius 3 is 2.96 bits per heavy atom. The minimum absolute atomic E-state index is 0.133. The van der Waals surface area contributed by atoms with Crippen LogP contribution in [0.2, 0.25) is 0 Å². The molecule has 1 N–H and O–H groups in total. The summed E-state index contributed by atoms with van der Waals surface area (Å²) in [6.45, 7) is 5.37. The summed E-state index contributed by atoms with van der Waals surface area (Å²) >= 11 is 0. The third-order valence-electron chi connectivity index (χ3n) is 4.41. The number of aryl methyl sites for hydroxylation is 2. The average molecular weight is 329 g/mol. The molecule has 0 spiro atoms. The van der Waals surface area contributed by atoms with E-state index in [2.05, 4.69) is 19.9 Å². The highest BCUT2D eigenvalue weighted by Gasteiger charge is 2.30. The van der Waals surface area contributed by atoms with Crippen molar-refractivity contribution in [1.82, 2.24) is 19.4 Å². The third-order valence-corrected chi connectivity index (χ3v) is 4.41. The summed E-state index contributed by atoms with van der Waals surface area (Å²) in [7, 11) is 1.57. The number of hydrogen-bond acceptors (Lipinski definition) is 4. The molecule has 0 aromatic carbocycles. The molecule has 1 aliphatic rings. The maximum atomic E-state index is 12.7. The Labute approximate surface area is 141 Å². The Kier molecular flexibility index (Phi) is 4.69. The van der Waals surface area contributed by atoms with E-state index in [9.17, 15) is 4.79 Å². The van der Waals surface area contributed by atoms with E-state index in [0.29, 0.717) is 11.6 Å². The van der Waals surface area contributed by atoms with Gasteiger partial charge in [-0.15, -0.1) is 0 Å². The van der Waals surface area contributed by atoms with Crippen LogP contribution in [0.15, 0.2) is 24.5 Å². The smallest absolute Gasteiger partial charge is 0.323 e. The molecule has 0 aliphatic carbocycles. The lowest BCUT2D eigenvalue weighted by molar-refractivity contribution is 0.200. The molecule has 0 saturated carbocycles. The van der Waals surface area contributed by atoms with Gasteiger partial charge in [0.05, 0.1) is 13.2 Å². The number of pyridine rings is 1. The van der Waals surface area contributed by atoms with Crippen molar-refractivity contribution in [3.8, 4) is 5.75 Å². The molecule has 1 saturated heterocycles. The average Bonchev–Trinajstić information content (AvgIpc) is 3.18. The molecule has 1 atom stereocenters. The summed E-state index contributed by atoms with van der Waals surface area (Å²) in [6, 6.07) is 3.70. The van der Waals surface area contributed by atoms with Gasteiger partial charge in [-0.1, -0.05) is 0 Å². The lowest BCUT2D eigenvalue weighted by atomic mass is 10.2. The van der Waals surface area contributed by atoms with E-state index in [1.165, 1.54) is 0 Å². The predicted molar refractivity (Wildman–Crippen MR) is 91.2 cm³/mol. The van der Waals surface area contributed by atoms with Crippen LogP contribution in [0.4, 0.5) is 10.6 Å². The lowest BCUT2D eigenvalue weighted by Gasteiger charge is -2.25. The van der Waals surface area contributed by atoms with Gasteiger partial charge in [-0.25, -0.2) is 14.8 Å². The minimum atomic E-state index is -0.133. The van der Waals surface area contributed by atoms with E-state index in [1.54, 1.807) is 13.3 Å². The largest absolute Gasteiger partial charge is 0.493 e. The molecular weight excluding hydrogens is 306 g/mol. The van der Waals surface area contributed by atoms with Gasteiger partial charge in [0, 0.05) is 31.2 Å². The zero-order chi connectivity index (χ0) is 17.1. The monoisotopic (exact) mass is 329 g/mol. The first-order valence-corrected chi connectivity index (χ1v) is 8.15. The number of aromatic nitrogens is 3. The second-order valence-electron chi connectivity index (χ2n) is 6.05. The standard InChI is InChI=1S/C17H23N5O2/c1-12-6-7-15(24-3)16(19-12)20-17(23)22-9-4-5-14(22)11-21-10-8-18-13(21)2/h6-8,10,14H,4-5,9,11H2,1-3H3,(H,19,20,23). The van der Waals surface area contributed by atoms with Crippen molar-refractivity contribution in [2.75, 3.05) is 19.0 Å². The highest BCUT2D eigenvalue weighted by atomic mass is 16.5. The number of carbonyl (C=O) groups is 1. The van der Waals surface area contributed by atoms with Gasteiger partial charge < -0.3 is 14.2 Å². The summed E-state index contributed by atoms with van der Waals surface area (Å²) in [5.41, 5.74) is 0.832. The molecule has 2 aromatic rings. The van der Waals surface area contributed by atoms with Crippen molar-refractivity contribution in [1.29, 1.82) is 0 Å². The van der Waals surface area contributed by atoms with Crippen LogP contribution in [-0.2, 0) is 6.54 Å². The maximum Gasteiger partial charge on any atom is 0.323 e. The van der Waals surface area contributed by atoms with Gasteiger partial charge in [-0.3, -0.25) is 5.32 Å². The van der Waals surface area contributed by atoms with Crippen molar-refractivity contribution in [2.45, 2.75) is 39.3 Å². The number of rotatable bonds is 4. The number of anilines is 1. The zero-order valence-corrected chi connectivity index (χ0v) is 14.3. The second-order valence-corrected chi connectivity index (χ2v) is 6.05. The Balaban J connectivity index is 1.72. The Morgan fingerprint density at radius 1 is 1.42 bits per heavy atom. The maximum absolute atomic E-state index is 12.7. The molecule has 0 radical (unpaired) electrons. The molecule has 2 aromatic heterocycles. The summed E-state index contributed by atoms with van der Waals surface area (Å²) in [4.78, 5) is 23.2. The van der Waals surface area contributed by atoms with Crippen LogP contribution in [0.1, 0.15) is 24.4 Å². The number of hydrogen-bond donors (Lipinski definition) is 1. The molecule has 0 bridgehead atoms. The first-order chi connectivity index (χ1) is 11.6. The van der Waals surface area contributed by atoms with E-state index in [0.717, 1.165) is 37.4 Å². The summed E-state index contributed by atoms with van der Waals surface area (Å²) in [5, 5.41) is 2.89. The summed E-state index contributed by atoms with van der Waals surface area (Å²) in [6.07, 6.45) is 5.73. The van der Waals surface area contributed by atoms with Crippen molar-refractivity contribution in [3.05, 3.63) is 36.0 Å². The Hall–Kier alpha value is -2.57. The molecule has 2 amide bonds. The number of urea groups is 1. The van der Waals surface area contributed by atoms with Crippen LogP contribution in [0.5, 0.6) is 5.75 Å². The van der Waals surface area contributed by atoms with Gasteiger partial charge in [0.25, 0.3) is 0 Å². The van der Waals surface area contributed by atoms with Gasteiger partial charge in [0.15, 0.2) is 11.6 Å². The van der Waals surface area contributed by atoms with Crippen LogP contribution < -0.4 is 10.1 Å². The molecule has 7 nitrogen and oxygen atoms in total. The van der Waals surface area contributed by atoms with Crippen LogP contribution in [0.3, 0.4) is 0 Å². The predicted octanol–water partition coefficient (Wildman–Crippen LogP) is 2.60. The van der Waals surface area contributed by atoms with E-state index >= 15 is 0 Å². The number of carbonyl (C=O) groups excluding carboxylic acids is 1. The number of methoxy groups -OCH3 is 1. The lowest BCUT2D eigenvalue weighted by Crippen LogP contribution is -2.41. The molecule has 1 unspecified atom stereocenters. The van der Waals surface area contributed by atoms with Gasteiger partial charge >= 0.3 is 6.03 Å². The fraction of sp³-hybridized carbons (Fsp3) is 0.471. The Morgan fingerprint density at radius 2 is 2.25 bits per heavy atom. The van der Waals surface area contributed by atoms with Gasteiger partial charge in [0.2, 0.25) is 0 Å². The van der Waals surface area contributed by atoms with Gasteiger partial charge in [-0.2, -0.15) is 0 Å². The first-order valence-electron chi connectivity index (χ1n) is 8.15. The molecule has 7 heteroatoms. The zero-order valence-electron chi connectivity index (χ0n) is 14.3. The fourth-order valence-corrected chi connectivity index (χ4v) is 3.09. The topological polar surface area (TPSA) is 72.3 Å². The van der Waals surface area contributed by atoms with Gasteiger partial charge in [-0.05, 0) is 38.8 Å². The van der Waals surface area contributed by atoms with E-state index in [-0.39, 0.29) is 12.1 Å². The van der Waals surface area contributed by atoms with Crippen LogP contribution in [0.25, 0.3) is 0 Å². The van der Waals surface area contributed by atoms with Crippen LogP contribution >= 0.6 is 0 Å². The number of amides is 2. The number of likely N-dealkylation sites (tertiary alicyclic amines) is 1. The molecule has 24 heavy (non-hydrogen) atoms. The van der Waals surface area contributed by atoms with E-state index in [1.807, 2.05) is 37.1 Å². The van der Waals surface area contributed by atoms with Crippen molar-refractivity contribution in [3.63, 3.8) is 0 Å². The number of imidazole rings is 1. The highest BCUT2D eigenvalue weighted by Crippen LogP contribution is 2.25. The fourth-order valence-electron chi connectivity index (χ4n) is 3.09. The summed E-state index contributed by atoms with van der Waals surface area (Å²) in [5.74, 6) is 1.99.